The number of hydrogen-bond donors (Lipinski definition) is 0. The van der Waals surface area contributed by atoms with Crippen LogP contribution in [0.5, 0.6) is 0 Å². The minimum atomic E-state index is -0.628. The molecule has 0 aromatic carbocycles. The third-order valence-electron chi connectivity index (χ3n) is 2.74. The average molecular weight is 253 g/mol. The first-order chi connectivity index (χ1) is 8.45. The van der Waals surface area contributed by atoms with Crippen molar-refractivity contribution < 1.29 is 9.18 Å². The molecule has 5 heteroatoms. The minimum Gasteiger partial charge on any atom is -0.335 e. The zero-order valence-electron chi connectivity index (χ0n) is 11.4. The fourth-order valence-electron chi connectivity index (χ4n) is 1.98. The second-order valence-corrected chi connectivity index (χ2v) is 4.57. The molecule has 0 saturated heterocycles. The smallest absolute Gasteiger partial charge is 0.254 e. The Labute approximate surface area is 107 Å². The Kier molecular flexibility index (Phi) is 5.22. The predicted octanol–water partition coefficient (Wildman–Crippen LogP) is 1.63. The number of nitrogens with zero attached hydrogens (tertiary/aromatic N) is 3. The van der Waals surface area contributed by atoms with E-state index in [0.717, 1.165) is 6.54 Å². The molecule has 0 aliphatic carbocycles. The van der Waals surface area contributed by atoms with Crippen molar-refractivity contribution in [2.75, 3.05) is 27.2 Å². The summed E-state index contributed by atoms with van der Waals surface area (Å²) in [6.07, 6.45) is 1.31. The van der Waals surface area contributed by atoms with Gasteiger partial charge in [0, 0.05) is 37.0 Å². The van der Waals surface area contributed by atoms with E-state index in [1.807, 2.05) is 32.8 Å². The van der Waals surface area contributed by atoms with Crippen molar-refractivity contribution in [2.24, 2.45) is 0 Å². The first-order valence-corrected chi connectivity index (χ1v) is 6.03. The van der Waals surface area contributed by atoms with E-state index in [-0.39, 0.29) is 11.9 Å². The maximum atomic E-state index is 13.0. The maximum absolute atomic E-state index is 13.0. The number of aromatic nitrogens is 1. The lowest BCUT2D eigenvalue weighted by Crippen LogP contribution is -2.43. The number of carbonyl (C=O) groups excluding carboxylic acids is 1. The van der Waals surface area contributed by atoms with Gasteiger partial charge in [-0.3, -0.25) is 4.79 Å². The molecule has 0 aliphatic heterocycles. The Morgan fingerprint density at radius 3 is 2.67 bits per heavy atom. The second kappa shape index (κ2) is 6.44. The normalized spacial score (nSPS) is 12.6. The lowest BCUT2D eigenvalue weighted by Gasteiger charge is -2.30. The molecule has 100 valence electrons. The lowest BCUT2D eigenvalue weighted by atomic mass is 10.2. The molecular formula is C13H20FN3O. The quantitative estimate of drug-likeness (QED) is 0.748. The molecule has 4 nitrogen and oxygen atoms in total. The fourth-order valence-corrected chi connectivity index (χ4v) is 1.98. The van der Waals surface area contributed by atoms with Crippen LogP contribution in [0.1, 0.15) is 24.2 Å². The zero-order valence-corrected chi connectivity index (χ0v) is 11.4. The van der Waals surface area contributed by atoms with Crippen LogP contribution >= 0.6 is 0 Å². The molecule has 0 saturated carbocycles. The van der Waals surface area contributed by atoms with Crippen LogP contribution in [0.15, 0.2) is 18.3 Å². The molecule has 1 heterocycles. The average Bonchev–Trinajstić information content (AvgIpc) is 2.28. The summed E-state index contributed by atoms with van der Waals surface area (Å²) in [4.78, 5) is 19.5. The maximum Gasteiger partial charge on any atom is 0.254 e. The first-order valence-electron chi connectivity index (χ1n) is 6.03. The summed E-state index contributed by atoms with van der Waals surface area (Å²) in [5.41, 5.74) is 0.343. The van der Waals surface area contributed by atoms with Crippen LogP contribution in [-0.2, 0) is 0 Å². The Balaban J connectivity index is 2.85. The Bertz CT molecular complexity index is 409. The highest BCUT2D eigenvalue weighted by Gasteiger charge is 2.20. The van der Waals surface area contributed by atoms with Gasteiger partial charge in [-0.2, -0.15) is 4.39 Å². The molecule has 0 N–H and O–H groups in total. The summed E-state index contributed by atoms with van der Waals surface area (Å²) in [7, 11) is 3.92. The highest BCUT2D eigenvalue weighted by Crippen LogP contribution is 2.09. The summed E-state index contributed by atoms with van der Waals surface area (Å²) < 4.78 is 13.0. The SMILES string of the molecule is CCN(C(=O)c1ccnc(F)c1)C(C)CN(C)C. The first kappa shape index (κ1) is 14.6. The van der Waals surface area contributed by atoms with Crippen LogP contribution in [-0.4, -0.2) is 53.9 Å². The van der Waals surface area contributed by atoms with Gasteiger partial charge in [0.05, 0.1) is 0 Å². The van der Waals surface area contributed by atoms with E-state index in [9.17, 15) is 9.18 Å². The van der Waals surface area contributed by atoms with Crippen molar-refractivity contribution in [3.05, 3.63) is 29.8 Å². The number of pyridine rings is 1. The largest absolute Gasteiger partial charge is 0.335 e. The molecule has 18 heavy (non-hydrogen) atoms. The van der Waals surface area contributed by atoms with Crippen molar-refractivity contribution in [3.63, 3.8) is 0 Å². The zero-order chi connectivity index (χ0) is 13.7. The second-order valence-electron chi connectivity index (χ2n) is 4.57. The Morgan fingerprint density at radius 2 is 2.17 bits per heavy atom. The number of rotatable bonds is 5. The topological polar surface area (TPSA) is 36.4 Å². The van der Waals surface area contributed by atoms with E-state index in [1.54, 1.807) is 4.90 Å². The third-order valence-corrected chi connectivity index (χ3v) is 2.74. The van der Waals surface area contributed by atoms with Crippen LogP contribution in [0.4, 0.5) is 4.39 Å². The van der Waals surface area contributed by atoms with Crippen molar-refractivity contribution in [1.82, 2.24) is 14.8 Å². The standard InChI is InChI=1S/C13H20FN3O/c1-5-17(10(2)9-16(3)4)13(18)11-6-7-15-12(14)8-11/h6-8,10H,5,9H2,1-4H3. The number of carbonyl (C=O) groups is 1. The van der Waals surface area contributed by atoms with Crippen molar-refractivity contribution >= 4 is 5.91 Å². The number of amides is 1. The van der Waals surface area contributed by atoms with Crippen molar-refractivity contribution in [1.29, 1.82) is 0 Å². The molecule has 1 amide bonds. The van der Waals surface area contributed by atoms with E-state index >= 15 is 0 Å². The number of hydrogen-bond acceptors (Lipinski definition) is 3. The molecule has 0 spiro atoms. The van der Waals surface area contributed by atoms with Gasteiger partial charge in [0.25, 0.3) is 5.91 Å². The Morgan fingerprint density at radius 1 is 1.50 bits per heavy atom. The highest BCUT2D eigenvalue weighted by atomic mass is 19.1. The van der Waals surface area contributed by atoms with Crippen molar-refractivity contribution in [2.45, 2.75) is 19.9 Å². The molecule has 1 atom stereocenters. The van der Waals surface area contributed by atoms with Gasteiger partial charge in [-0.15, -0.1) is 0 Å². The Hall–Kier alpha value is -1.49. The van der Waals surface area contributed by atoms with Crippen LogP contribution in [0.3, 0.4) is 0 Å². The monoisotopic (exact) mass is 253 g/mol. The molecule has 1 rings (SSSR count). The third kappa shape index (κ3) is 3.77. The van der Waals surface area contributed by atoms with E-state index < -0.39 is 5.95 Å². The summed E-state index contributed by atoms with van der Waals surface area (Å²) >= 11 is 0. The summed E-state index contributed by atoms with van der Waals surface area (Å²) in [6, 6.07) is 2.79. The van der Waals surface area contributed by atoms with E-state index in [0.29, 0.717) is 12.1 Å². The van der Waals surface area contributed by atoms with E-state index in [4.69, 9.17) is 0 Å². The number of likely N-dealkylation sites (N-methyl/N-ethyl adjacent to an activating group) is 2. The van der Waals surface area contributed by atoms with Crippen LogP contribution in [0.2, 0.25) is 0 Å². The number of halogens is 1. The van der Waals surface area contributed by atoms with Gasteiger partial charge in [0.2, 0.25) is 5.95 Å². The van der Waals surface area contributed by atoms with E-state index in [2.05, 4.69) is 4.98 Å². The molecule has 1 aromatic heterocycles. The molecule has 1 aromatic rings. The van der Waals surface area contributed by atoms with Gasteiger partial charge >= 0.3 is 0 Å². The lowest BCUT2D eigenvalue weighted by molar-refractivity contribution is 0.0678. The fraction of sp³-hybridized carbons (Fsp3) is 0.538. The predicted molar refractivity (Wildman–Crippen MR) is 68.9 cm³/mol. The van der Waals surface area contributed by atoms with Crippen LogP contribution in [0.25, 0.3) is 0 Å². The van der Waals surface area contributed by atoms with E-state index in [1.165, 1.54) is 18.3 Å². The van der Waals surface area contributed by atoms with Crippen LogP contribution < -0.4 is 0 Å². The van der Waals surface area contributed by atoms with Gasteiger partial charge < -0.3 is 9.80 Å². The highest BCUT2D eigenvalue weighted by molar-refractivity contribution is 5.94. The minimum absolute atomic E-state index is 0.0775. The molecule has 0 aliphatic rings. The summed E-state index contributed by atoms with van der Waals surface area (Å²) in [5.74, 6) is -0.787. The molecule has 0 radical (unpaired) electrons. The summed E-state index contributed by atoms with van der Waals surface area (Å²) in [5, 5.41) is 0. The molecule has 1 unspecified atom stereocenters. The van der Waals surface area contributed by atoms with Gasteiger partial charge in [-0.25, -0.2) is 4.98 Å². The molecule has 0 bridgehead atoms. The van der Waals surface area contributed by atoms with Crippen LogP contribution in [0, 0.1) is 5.95 Å². The molecule has 0 fully saturated rings. The molecular weight excluding hydrogens is 233 g/mol. The summed E-state index contributed by atoms with van der Waals surface area (Å²) in [6.45, 7) is 5.27. The van der Waals surface area contributed by atoms with Crippen molar-refractivity contribution in [3.8, 4) is 0 Å². The van der Waals surface area contributed by atoms with Gasteiger partial charge in [-0.1, -0.05) is 0 Å². The van der Waals surface area contributed by atoms with Gasteiger partial charge in [0.1, 0.15) is 0 Å². The van der Waals surface area contributed by atoms with Gasteiger partial charge in [-0.05, 0) is 34.0 Å². The van der Waals surface area contributed by atoms with Gasteiger partial charge in [0.15, 0.2) is 0 Å².